The molecule has 60 valence electrons. The van der Waals surface area contributed by atoms with Crippen molar-refractivity contribution in [2.24, 2.45) is 0 Å². The van der Waals surface area contributed by atoms with Crippen LogP contribution in [0.1, 0.15) is 0 Å². The Bertz CT molecular complexity index is 73.7. The maximum Gasteiger partial charge on any atom is 1.00 e. The van der Waals surface area contributed by atoms with Gasteiger partial charge in [0.15, 0.2) is 0 Å². The SMILES string of the molecule is O=S(O)O.O=S([O-])O.[AsH3].[Na+]. The summed E-state index contributed by atoms with van der Waals surface area (Å²) in [4.78, 5) is 0. The summed E-state index contributed by atoms with van der Waals surface area (Å²) in [7, 11) is 0. The van der Waals surface area contributed by atoms with Crippen LogP contribution in [0.5, 0.6) is 0 Å². The minimum absolute atomic E-state index is 0. The van der Waals surface area contributed by atoms with E-state index in [2.05, 4.69) is 0 Å². The number of hydrogen-bond acceptors (Lipinski definition) is 3. The van der Waals surface area contributed by atoms with Crippen LogP contribution in [0.4, 0.5) is 0 Å². The number of hydrogen-bond donors (Lipinski definition) is 3. The minimum atomic E-state index is -2.86. The Labute approximate surface area is 96.0 Å². The van der Waals surface area contributed by atoms with E-state index in [-0.39, 0.29) is 47.5 Å². The van der Waals surface area contributed by atoms with Gasteiger partial charge in [-0.15, -0.1) is 0 Å². The molecule has 6 nitrogen and oxygen atoms in total. The molecule has 2 unspecified atom stereocenters. The minimum Gasteiger partial charge on any atom is 1.00 e. The standard InChI is InChI=1S/AsH3.Na.2H2O3S/c;;2*1-4(2)3/h1H3;;2*(H2,1,2,3)/q;+1;;/p-1. The van der Waals surface area contributed by atoms with Crippen LogP contribution in [0.3, 0.4) is 0 Å². The first-order valence-corrected chi connectivity index (χ1v) is 3.14. The van der Waals surface area contributed by atoms with Gasteiger partial charge in [-0.05, 0) is 0 Å². The second-order valence-electron chi connectivity index (χ2n) is 0.448. The molecule has 0 spiro atoms. The molecule has 0 aromatic carbocycles. The van der Waals surface area contributed by atoms with Gasteiger partial charge in [0.05, 0.1) is 11.4 Å². The zero-order valence-electron chi connectivity index (χ0n) is 5.09. The predicted molar refractivity (Wildman–Crippen MR) is 34.9 cm³/mol. The molecule has 0 rings (SSSR count). The van der Waals surface area contributed by atoms with Crippen molar-refractivity contribution in [3.8, 4) is 0 Å². The van der Waals surface area contributed by atoms with Crippen molar-refractivity contribution < 1.29 is 56.2 Å². The van der Waals surface area contributed by atoms with Crippen molar-refractivity contribution >= 4 is 40.7 Å². The molecule has 10 heteroatoms. The molecule has 10 heavy (non-hydrogen) atoms. The van der Waals surface area contributed by atoms with E-state index < -0.39 is 22.7 Å². The molecule has 2 atom stereocenters. The molecule has 0 aromatic rings. The maximum absolute atomic E-state index is 8.67. The Kier molecular flexibility index (Phi) is 38.4. The molecule has 0 aromatic heterocycles. The molecule has 0 fully saturated rings. The van der Waals surface area contributed by atoms with Gasteiger partial charge in [0.25, 0.3) is 11.4 Å². The van der Waals surface area contributed by atoms with E-state index in [0.717, 1.165) is 0 Å². The van der Waals surface area contributed by atoms with Gasteiger partial charge in [0, 0.05) is 0 Å². The molecule has 0 saturated carbocycles. The van der Waals surface area contributed by atoms with Crippen molar-refractivity contribution in [1.29, 1.82) is 0 Å². The van der Waals surface area contributed by atoms with Crippen molar-refractivity contribution in [2.45, 2.75) is 0 Å². The largest absolute Gasteiger partial charge is 1.00 e. The second-order valence-corrected chi connectivity index (χ2v) is 1.34. The van der Waals surface area contributed by atoms with E-state index in [1.165, 1.54) is 0 Å². The molecular weight excluding hydrogens is 258 g/mol. The first-order chi connectivity index (χ1) is 3.46. The van der Waals surface area contributed by atoms with Gasteiger partial charge < -0.3 is 9.11 Å². The van der Waals surface area contributed by atoms with Gasteiger partial charge in [-0.1, -0.05) is 0 Å². The van der Waals surface area contributed by atoms with Crippen molar-refractivity contribution in [3.63, 3.8) is 0 Å². The molecule has 0 radical (unpaired) electrons. The fourth-order valence-corrected chi connectivity index (χ4v) is 0. The third-order valence-electron chi connectivity index (χ3n) is 0. The first-order valence-electron chi connectivity index (χ1n) is 1.05. The summed E-state index contributed by atoms with van der Waals surface area (Å²) in [6.07, 6.45) is 0. The molecule has 0 aliphatic heterocycles. The van der Waals surface area contributed by atoms with Crippen LogP contribution in [0.25, 0.3) is 0 Å². The Hall–Kier alpha value is 1.70. The van der Waals surface area contributed by atoms with Crippen LogP contribution in [0.2, 0.25) is 0 Å². The van der Waals surface area contributed by atoms with Crippen LogP contribution in [0.15, 0.2) is 0 Å². The summed E-state index contributed by atoms with van der Waals surface area (Å²) in [6.45, 7) is 0. The number of rotatable bonds is 0. The molecule has 0 saturated heterocycles. The van der Waals surface area contributed by atoms with Crippen molar-refractivity contribution in [1.82, 2.24) is 0 Å². The van der Waals surface area contributed by atoms with Gasteiger partial charge in [-0.3, -0.25) is 9.11 Å². The average Bonchev–Trinajstić information content (AvgIpc) is 1.25. The van der Waals surface area contributed by atoms with E-state index in [1.54, 1.807) is 0 Å². The van der Waals surface area contributed by atoms with Crippen molar-refractivity contribution in [2.75, 3.05) is 0 Å². The Morgan fingerprint density at radius 2 is 1.10 bits per heavy atom. The third-order valence-corrected chi connectivity index (χ3v) is 0. The summed E-state index contributed by atoms with van der Waals surface area (Å²) >= 11 is -5.47. The summed E-state index contributed by atoms with van der Waals surface area (Å²) in [5.41, 5.74) is 0. The Morgan fingerprint density at radius 1 is 1.10 bits per heavy atom. The first kappa shape index (κ1) is 22.6. The normalized spacial score (nSPS) is 9.70. The molecule has 0 amide bonds. The van der Waals surface area contributed by atoms with Gasteiger partial charge >= 0.3 is 47.5 Å². The topological polar surface area (TPSA) is 118 Å². The van der Waals surface area contributed by atoms with E-state index in [1.807, 2.05) is 0 Å². The van der Waals surface area contributed by atoms with Gasteiger partial charge in [0.2, 0.25) is 0 Å². The molecule has 0 bridgehead atoms. The van der Waals surface area contributed by atoms with Crippen molar-refractivity contribution in [3.05, 3.63) is 0 Å². The van der Waals surface area contributed by atoms with Gasteiger partial charge in [-0.25, -0.2) is 4.21 Å². The second kappa shape index (κ2) is 17.0. The quantitative estimate of drug-likeness (QED) is 0.297. The van der Waals surface area contributed by atoms with E-state index in [4.69, 9.17) is 26.6 Å². The predicted octanol–water partition coefficient (Wildman–Crippen LogP) is -5.16. The zero-order chi connectivity index (χ0) is 7.15. The Balaban J connectivity index is -0.0000000300. The molecule has 3 N–H and O–H groups in total. The molecule has 0 aliphatic rings. The Morgan fingerprint density at radius 3 is 1.10 bits per heavy atom. The fraction of sp³-hybridized carbons (Fsp3) is 0. The average molecular weight is 264 g/mol. The summed E-state index contributed by atoms with van der Waals surface area (Å²) < 4.78 is 46.9. The summed E-state index contributed by atoms with van der Waals surface area (Å²) in [5.74, 6) is 0. The molecule has 0 heterocycles. The fourth-order valence-electron chi connectivity index (χ4n) is 0. The van der Waals surface area contributed by atoms with Crippen LogP contribution in [-0.4, -0.2) is 44.6 Å². The van der Waals surface area contributed by atoms with Crippen LogP contribution >= 0.6 is 0 Å². The smallest absolute Gasteiger partial charge is 1.00 e. The van der Waals surface area contributed by atoms with E-state index in [9.17, 15) is 0 Å². The van der Waals surface area contributed by atoms with Gasteiger partial charge in [-0.2, -0.15) is 4.21 Å². The summed E-state index contributed by atoms with van der Waals surface area (Å²) in [6, 6.07) is 0. The van der Waals surface area contributed by atoms with Crippen LogP contribution in [0, 0.1) is 0 Å². The maximum atomic E-state index is 8.67. The van der Waals surface area contributed by atoms with E-state index in [0.29, 0.717) is 0 Å². The summed E-state index contributed by atoms with van der Waals surface area (Å²) in [5, 5.41) is 0. The third kappa shape index (κ3) is 254. The van der Waals surface area contributed by atoms with E-state index >= 15 is 0 Å². The van der Waals surface area contributed by atoms with Crippen LogP contribution < -0.4 is 29.6 Å². The molecular formula is H6AsNaO6S2. The molecule has 0 aliphatic carbocycles. The van der Waals surface area contributed by atoms with Gasteiger partial charge in [0.1, 0.15) is 0 Å². The van der Waals surface area contributed by atoms with Crippen LogP contribution in [-0.2, 0) is 22.7 Å². The zero-order valence-corrected chi connectivity index (χ0v) is 11.7. The monoisotopic (exact) mass is 264 g/mol.